The Labute approximate surface area is 106 Å². The van der Waals surface area contributed by atoms with Crippen LogP contribution in [0, 0.1) is 10.1 Å². The van der Waals surface area contributed by atoms with Gasteiger partial charge in [0, 0.05) is 10.7 Å². The Hall–Kier alpha value is -1.87. The normalized spacial score (nSPS) is 10.7. The quantitative estimate of drug-likeness (QED) is 0.470. The summed E-state index contributed by atoms with van der Waals surface area (Å²) in [4.78, 5) is 21.6. The van der Waals surface area contributed by atoms with E-state index in [1.165, 1.54) is 0 Å². The number of halogens is 1. The highest BCUT2D eigenvalue weighted by atomic mass is 35.7. The lowest BCUT2D eigenvalue weighted by Crippen LogP contribution is -2.39. The van der Waals surface area contributed by atoms with Gasteiger partial charge in [-0.1, -0.05) is 30.3 Å². The summed E-state index contributed by atoms with van der Waals surface area (Å²) in [5, 5.41) is 8.89. The molecule has 0 saturated carbocycles. The molecule has 0 N–H and O–H groups in total. The number of hydrogen-bond donors (Lipinski definition) is 0. The Bertz CT molecular complexity index is 546. The predicted molar refractivity (Wildman–Crippen MR) is 60.2 cm³/mol. The molecule has 0 unspecified atom stereocenters. The van der Waals surface area contributed by atoms with E-state index in [0.717, 1.165) is 0 Å². The van der Waals surface area contributed by atoms with Crippen LogP contribution in [-0.4, -0.2) is 24.0 Å². The highest BCUT2D eigenvalue weighted by Crippen LogP contribution is 2.10. The summed E-state index contributed by atoms with van der Waals surface area (Å²) in [6.07, 6.45) is -1.68. The van der Waals surface area contributed by atoms with Crippen molar-refractivity contribution in [2.75, 3.05) is 0 Å². The molecular formula is C8H7ClN2O6S. The van der Waals surface area contributed by atoms with Crippen LogP contribution in [0.4, 0.5) is 4.79 Å². The van der Waals surface area contributed by atoms with Crippen LogP contribution in [-0.2, 0) is 20.6 Å². The molecule has 8 nitrogen and oxygen atoms in total. The Morgan fingerprint density at radius 1 is 1.39 bits per heavy atom. The first-order valence-electron chi connectivity index (χ1n) is 4.42. The van der Waals surface area contributed by atoms with Gasteiger partial charge in [0.2, 0.25) is 0 Å². The maximum absolute atomic E-state index is 11.2. The first-order chi connectivity index (χ1) is 8.32. The molecule has 18 heavy (non-hydrogen) atoms. The maximum Gasteiger partial charge on any atom is 0.486 e. The molecular weight excluding hydrogens is 288 g/mol. The molecule has 1 aromatic carbocycles. The molecule has 1 rings (SSSR count). The van der Waals surface area contributed by atoms with Crippen molar-refractivity contribution in [1.82, 2.24) is 4.41 Å². The van der Waals surface area contributed by atoms with E-state index in [1.54, 1.807) is 30.3 Å². The molecule has 0 heterocycles. The summed E-state index contributed by atoms with van der Waals surface area (Å²) in [5.41, 5.74) is 0.543. The molecule has 0 fully saturated rings. The maximum atomic E-state index is 11.2. The van der Waals surface area contributed by atoms with Gasteiger partial charge in [-0.05, 0) is 5.56 Å². The number of rotatable bonds is 4. The van der Waals surface area contributed by atoms with E-state index in [4.69, 9.17) is 10.7 Å². The van der Waals surface area contributed by atoms with Gasteiger partial charge >= 0.3 is 15.3 Å². The van der Waals surface area contributed by atoms with Crippen LogP contribution in [0.15, 0.2) is 30.3 Å². The molecule has 0 radical (unpaired) electrons. The van der Waals surface area contributed by atoms with Crippen LogP contribution in [0.5, 0.6) is 0 Å². The number of amides is 1. The lowest BCUT2D eigenvalue weighted by Gasteiger charge is -2.08. The lowest BCUT2D eigenvalue weighted by molar-refractivity contribution is -0.600. The number of hydrogen-bond acceptors (Lipinski definition) is 6. The largest absolute Gasteiger partial charge is 0.486 e. The minimum absolute atomic E-state index is 0.309. The molecule has 0 aliphatic heterocycles. The number of benzene rings is 1. The molecule has 98 valence electrons. The number of hydrazine groups is 1. The molecule has 1 aromatic rings. The number of nitro groups is 1. The second kappa shape index (κ2) is 5.65. The van der Waals surface area contributed by atoms with Gasteiger partial charge in [-0.25, -0.2) is 14.9 Å². The van der Waals surface area contributed by atoms with E-state index < -0.39 is 24.8 Å². The molecule has 0 spiro atoms. The zero-order chi connectivity index (χ0) is 13.8. The van der Waals surface area contributed by atoms with Gasteiger partial charge < -0.3 is 4.74 Å². The van der Waals surface area contributed by atoms with Gasteiger partial charge in [-0.15, -0.1) is 0 Å². The van der Waals surface area contributed by atoms with Crippen LogP contribution < -0.4 is 0 Å². The van der Waals surface area contributed by atoms with Crippen molar-refractivity contribution < 1.29 is 23.0 Å². The first kappa shape index (κ1) is 14.2. The van der Waals surface area contributed by atoms with E-state index in [0.29, 0.717) is 5.56 Å². The fourth-order valence-corrected chi connectivity index (χ4v) is 1.72. The predicted octanol–water partition coefficient (Wildman–Crippen LogP) is 1.30. The summed E-state index contributed by atoms with van der Waals surface area (Å²) in [5.74, 6) is 0. The van der Waals surface area contributed by atoms with Crippen molar-refractivity contribution in [3.63, 3.8) is 0 Å². The molecule has 10 heteroatoms. The smallest absolute Gasteiger partial charge is 0.440 e. The van der Waals surface area contributed by atoms with Crippen LogP contribution in [0.1, 0.15) is 5.56 Å². The number of nitrogens with zero attached hydrogens (tertiary/aromatic N) is 2. The second-order valence-corrected chi connectivity index (χ2v) is 5.30. The van der Waals surface area contributed by atoms with Gasteiger partial charge in [0.05, 0.1) is 0 Å². The topological polar surface area (TPSA) is 107 Å². The summed E-state index contributed by atoms with van der Waals surface area (Å²) in [6, 6.07) is 8.23. The van der Waals surface area contributed by atoms with Crippen LogP contribution in [0.2, 0.25) is 0 Å². The van der Waals surface area contributed by atoms with Crippen molar-refractivity contribution in [3.05, 3.63) is 46.0 Å². The summed E-state index contributed by atoms with van der Waals surface area (Å²) >= 11 is 0. The van der Waals surface area contributed by atoms with E-state index in [9.17, 15) is 23.3 Å². The van der Waals surface area contributed by atoms with Gasteiger partial charge in [0.25, 0.3) is 0 Å². The Kier molecular flexibility index (Phi) is 4.45. The average Bonchev–Trinajstić information content (AvgIpc) is 2.25. The zero-order valence-corrected chi connectivity index (χ0v) is 10.3. The minimum Gasteiger partial charge on any atom is -0.440 e. The summed E-state index contributed by atoms with van der Waals surface area (Å²) < 4.78 is 25.2. The van der Waals surface area contributed by atoms with E-state index in [1.807, 2.05) is 0 Å². The fourth-order valence-electron chi connectivity index (χ4n) is 1.01. The lowest BCUT2D eigenvalue weighted by atomic mass is 10.2. The van der Waals surface area contributed by atoms with Crippen molar-refractivity contribution in [2.45, 2.75) is 6.61 Å². The van der Waals surface area contributed by atoms with Gasteiger partial charge in [0.15, 0.2) is 5.03 Å². The average molecular weight is 295 g/mol. The van der Waals surface area contributed by atoms with Crippen LogP contribution >= 0.6 is 10.7 Å². The Balaban J connectivity index is 2.73. The number of carbonyl (C=O) groups is 1. The molecule has 0 aliphatic rings. The molecule has 0 atom stereocenters. The standard InChI is InChI=1S/C8H7ClN2O6S/c9-18(15,16)10(11(13)14)8(12)17-6-7-4-2-1-3-5-7/h1-5H,6H2. The first-order valence-corrected chi connectivity index (χ1v) is 6.69. The van der Waals surface area contributed by atoms with Gasteiger partial charge in [-0.3, -0.25) is 0 Å². The SMILES string of the molecule is O=C(OCc1ccccc1)N([N+](=O)[O-])S(=O)(=O)Cl. The van der Waals surface area contributed by atoms with Crippen LogP contribution in [0.3, 0.4) is 0 Å². The molecule has 1 amide bonds. The Morgan fingerprint density at radius 3 is 2.39 bits per heavy atom. The van der Waals surface area contributed by atoms with Gasteiger partial charge in [-0.2, -0.15) is 8.42 Å². The van der Waals surface area contributed by atoms with Crippen molar-refractivity contribution in [3.8, 4) is 0 Å². The second-order valence-electron chi connectivity index (χ2n) is 2.96. The molecule has 0 aromatic heterocycles. The highest BCUT2D eigenvalue weighted by molar-refractivity contribution is 8.12. The number of ether oxygens (including phenoxy) is 1. The van der Waals surface area contributed by atoms with Crippen molar-refractivity contribution >= 4 is 26.0 Å². The fraction of sp³-hybridized carbons (Fsp3) is 0.125. The van der Waals surface area contributed by atoms with E-state index in [-0.39, 0.29) is 6.61 Å². The summed E-state index contributed by atoms with van der Waals surface area (Å²) in [6.45, 7) is -0.309. The monoisotopic (exact) mass is 294 g/mol. The summed E-state index contributed by atoms with van der Waals surface area (Å²) in [7, 11) is -0.109. The molecule has 0 aliphatic carbocycles. The Morgan fingerprint density at radius 2 is 1.94 bits per heavy atom. The highest BCUT2D eigenvalue weighted by Gasteiger charge is 2.38. The third kappa shape index (κ3) is 3.86. The van der Waals surface area contributed by atoms with E-state index >= 15 is 0 Å². The van der Waals surface area contributed by atoms with Crippen molar-refractivity contribution in [2.24, 2.45) is 0 Å². The zero-order valence-electron chi connectivity index (χ0n) is 8.72. The minimum atomic E-state index is -4.84. The van der Waals surface area contributed by atoms with E-state index in [2.05, 4.69) is 4.74 Å². The van der Waals surface area contributed by atoms with Crippen LogP contribution in [0.25, 0.3) is 0 Å². The van der Waals surface area contributed by atoms with Crippen molar-refractivity contribution in [1.29, 1.82) is 0 Å². The molecule has 0 saturated heterocycles. The molecule has 0 bridgehead atoms. The number of carbonyl (C=O) groups excluding carboxylic acids is 1. The third-order valence-corrected chi connectivity index (χ3v) is 2.80. The van der Waals surface area contributed by atoms with Gasteiger partial charge in [0.1, 0.15) is 11.0 Å². The third-order valence-electron chi connectivity index (χ3n) is 1.72.